The number of amides is 2. The third-order valence-electron chi connectivity index (χ3n) is 7.66. The van der Waals surface area contributed by atoms with Crippen LogP contribution in [0.4, 0.5) is 0 Å². The summed E-state index contributed by atoms with van der Waals surface area (Å²) in [6, 6.07) is 0.0410. The number of H-pyrrole nitrogens is 1. The van der Waals surface area contributed by atoms with Gasteiger partial charge in [-0.2, -0.15) is 0 Å². The Bertz CT molecular complexity index is 778. The summed E-state index contributed by atoms with van der Waals surface area (Å²) < 4.78 is 0. The van der Waals surface area contributed by atoms with Gasteiger partial charge in [-0.05, 0) is 51.6 Å². The number of likely N-dealkylation sites (N-methyl/N-ethyl adjacent to an activating group) is 1. The molecule has 1 saturated carbocycles. The molecule has 3 fully saturated rings. The third-order valence-corrected chi connectivity index (χ3v) is 7.66. The number of hydrogen-bond donors (Lipinski definition) is 1. The van der Waals surface area contributed by atoms with E-state index < -0.39 is 0 Å². The second kappa shape index (κ2) is 7.42. The molecule has 1 atom stereocenters. The molecule has 0 bridgehead atoms. The van der Waals surface area contributed by atoms with Gasteiger partial charge in [-0.3, -0.25) is 14.5 Å². The van der Waals surface area contributed by atoms with Gasteiger partial charge in [0.2, 0.25) is 11.8 Å². The highest BCUT2D eigenvalue weighted by molar-refractivity contribution is 5.83. The maximum absolute atomic E-state index is 13.3. The van der Waals surface area contributed by atoms with Crippen molar-refractivity contribution in [2.75, 3.05) is 32.7 Å². The van der Waals surface area contributed by atoms with Crippen LogP contribution in [-0.2, 0) is 21.5 Å². The Hall–Kier alpha value is -1.89. The zero-order valence-corrected chi connectivity index (χ0v) is 17.5. The molecule has 1 spiro atoms. The average molecular weight is 400 g/mol. The Morgan fingerprint density at radius 1 is 1.10 bits per heavy atom. The molecule has 2 amide bonds. The first kappa shape index (κ1) is 19.1. The average Bonchev–Trinajstić information content (AvgIpc) is 3.50. The Morgan fingerprint density at radius 3 is 2.62 bits per heavy atom. The highest BCUT2D eigenvalue weighted by Gasteiger charge is 2.51. The van der Waals surface area contributed by atoms with E-state index in [2.05, 4.69) is 31.6 Å². The molecule has 1 aromatic heterocycles. The smallest absolute Gasteiger partial charge is 0.239 e. The summed E-state index contributed by atoms with van der Waals surface area (Å²) in [5.41, 5.74) is 1.90. The van der Waals surface area contributed by atoms with Crippen LogP contribution in [0.3, 0.4) is 0 Å². The van der Waals surface area contributed by atoms with Crippen molar-refractivity contribution < 1.29 is 9.59 Å². The molecular weight excluding hydrogens is 366 g/mol. The predicted molar refractivity (Wildman–Crippen MR) is 109 cm³/mol. The second-order valence-electron chi connectivity index (χ2n) is 9.24. The van der Waals surface area contributed by atoms with Crippen molar-refractivity contribution in [1.29, 1.82) is 0 Å². The Kier molecular flexibility index (Phi) is 4.88. The lowest BCUT2D eigenvalue weighted by molar-refractivity contribution is -0.147. The number of aromatic nitrogens is 2. The Balaban J connectivity index is 1.35. The van der Waals surface area contributed by atoms with E-state index in [9.17, 15) is 9.59 Å². The van der Waals surface area contributed by atoms with Crippen LogP contribution in [0.5, 0.6) is 0 Å². The summed E-state index contributed by atoms with van der Waals surface area (Å²) in [6.45, 7) is 6.32. The number of nitrogens with zero attached hydrogens (tertiary/aromatic N) is 4. The van der Waals surface area contributed by atoms with Crippen LogP contribution >= 0.6 is 0 Å². The minimum atomic E-state index is -0.332. The number of fused-ring (bicyclic) bond motifs is 2. The summed E-state index contributed by atoms with van der Waals surface area (Å²) >= 11 is 0. The number of likely N-dealkylation sites (tertiary alicyclic amines) is 2. The van der Waals surface area contributed by atoms with E-state index in [-0.39, 0.29) is 17.5 Å². The van der Waals surface area contributed by atoms with Crippen molar-refractivity contribution in [3.63, 3.8) is 0 Å². The highest BCUT2D eigenvalue weighted by Crippen LogP contribution is 2.45. The van der Waals surface area contributed by atoms with Crippen LogP contribution in [0.15, 0.2) is 6.33 Å². The Labute approximate surface area is 172 Å². The molecule has 7 nitrogen and oxygen atoms in total. The van der Waals surface area contributed by atoms with Crippen molar-refractivity contribution in [1.82, 2.24) is 24.7 Å². The first-order valence-electron chi connectivity index (χ1n) is 11.5. The number of aromatic amines is 1. The lowest BCUT2D eigenvalue weighted by atomic mass is 9.78. The Morgan fingerprint density at radius 2 is 1.90 bits per heavy atom. The number of carbonyl (C=O) groups excluding carboxylic acids is 2. The number of carbonyl (C=O) groups is 2. The molecule has 2 saturated heterocycles. The predicted octanol–water partition coefficient (Wildman–Crippen LogP) is 1.90. The molecule has 0 radical (unpaired) electrons. The molecule has 4 aliphatic rings. The summed E-state index contributed by atoms with van der Waals surface area (Å²) in [6.07, 6.45) is 9.59. The van der Waals surface area contributed by atoms with E-state index in [1.807, 2.05) is 0 Å². The monoisotopic (exact) mass is 399 g/mol. The third kappa shape index (κ3) is 3.18. The number of hydrogen-bond acceptors (Lipinski definition) is 4. The molecule has 158 valence electrons. The summed E-state index contributed by atoms with van der Waals surface area (Å²) in [5, 5.41) is 0. The molecule has 0 unspecified atom stereocenters. The fourth-order valence-corrected chi connectivity index (χ4v) is 5.81. The topological polar surface area (TPSA) is 72.5 Å². The maximum atomic E-state index is 13.3. The lowest BCUT2D eigenvalue weighted by Gasteiger charge is -2.51. The van der Waals surface area contributed by atoms with E-state index in [4.69, 9.17) is 0 Å². The second-order valence-corrected chi connectivity index (χ2v) is 9.24. The highest BCUT2D eigenvalue weighted by atomic mass is 16.2. The molecule has 4 heterocycles. The normalized spacial score (nSPS) is 27.1. The maximum Gasteiger partial charge on any atom is 0.239 e. The zero-order valence-electron chi connectivity index (χ0n) is 17.5. The lowest BCUT2D eigenvalue weighted by Crippen LogP contribution is -2.61. The SMILES string of the molecule is CCN1CCCC[C@H]1C(=O)N1CCC2(CC1)c1nc[nH]c1CCN2C(=O)C1CC1. The first-order valence-corrected chi connectivity index (χ1v) is 11.5. The van der Waals surface area contributed by atoms with E-state index in [1.54, 1.807) is 6.33 Å². The van der Waals surface area contributed by atoms with Gasteiger partial charge in [-0.25, -0.2) is 4.98 Å². The van der Waals surface area contributed by atoms with Gasteiger partial charge < -0.3 is 14.8 Å². The van der Waals surface area contributed by atoms with Crippen molar-refractivity contribution in [2.45, 2.75) is 69.9 Å². The van der Waals surface area contributed by atoms with Crippen molar-refractivity contribution in [3.8, 4) is 0 Å². The van der Waals surface area contributed by atoms with Gasteiger partial charge in [-0.1, -0.05) is 13.3 Å². The van der Waals surface area contributed by atoms with Crippen LogP contribution in [0.25, 0.3) is 0 Å². The summed E-state index contributed by atoms with van der Waals surface area (Å²) in [4.78, 5) is 40.9. The van der Waals surface area contributed by atoms with Gasteiger partial charge >= 0.3 is 0 Å². The quantitative estimate of drug-likeness (QED) is 0.843. The van der Waals surface area contributed by atoms with Crippen LogP contribution in [-0.4, -0.2) is 75.2 Å². The molecule has 7 heteroatoms. The van der Waals surface area contributed by atoms with Gasteiger partial charge in [0, 0.05) is 37.7 Å². The molecular formula is C22H33N5O2. The van der Waals surface area contributed by atoms with Crippen LogP contribution < -0.4 is 0 Å². The van der Waals surface area contributed by atoms with Crippen molar-refractivity contribution >= 4 is 11.8 Å². The number of rotatable bonds is 3. The fraction of sp³-hybridized carbons (Fsp3) is 0.773. The number of nitrogens with one attached hydrogen (secondary N) is 1. The van der Waals surface area contributed by atoms with Gasteiger partial charge in [0.1, 0.15) is 0 Å². The van der Waals surface area contributed by atoms with Crippen LogP contribution in [0, 0.1) is 5.92 Å². The summed E-state index contributed by atoms with van der Waals surface area (Å²) in [7, 11) is 0. The molecule has 5 rings (SSSR count). The van der Waals surface area contributed by atoms with E-state index in [0.29, 0.717) is 24.9 Å². The van der Waals surface area contributed by atoms with Gasteiger partial charge in [0.05, 0.1) is 23.6 Å². The first-order chi connectivity index (χ1) is 14.1. The van der Waals surface area contributed by atoms with Gasteiger partial charge in [-0.15, -0.1) is 0 Å². The van der Waals surface area contributed by atoms with Crippen molar-refractivity contribution in [2.24, 2.45) is 5.92 Å². The molecule has 29 heavy (non-hydrogen) atoms. The summed E-state index contributed by atoms with van der Waals surface area (Å²) in [5.74, 6) is 0.815. The minimum Gasteiger partial charge on any atom is -0.348 e. The van der Waals surface area contributed by atoms with E-state index >= 15 is 0 Å². The zero-order chi connectivity index (χ0) is 20.0. The van der Waals surface area contributed by atoms with E-state index in [1.165, 1.54) is 12.1 Å². The minimum absolute atomic E-state index is 0.0410. The molecule has 1 N–H and O–H groups in total. The number of piperidine rings is 2. The van der Waals surface area contributed by atoms with Crippen molar-refractivity contribution in [3.05, 3.63) is 17.7 Å². The molecule has 0 aromatic carbocycles. The molecule has 1 aliphatic carbocycles. The fourth-order valence-electron chi connectivity index (χ4n) is 5.81. The molecule has 1 aromatic rings. The van der Waals surface area contributed by atoms with Crippen LogP contribution in [0.1, 0.15) is 63.3 Å². The largest absolute Gasteiger partial charge is 0.348 e. The standard InChI is InChI=1S/C22H33N5O2/c1-2-25-11-4-3-5-18(25)21(29)26-13-9-22(10-14-26)19-17(23-15-24-19)8-12-27(22)20(28)16-6-7-16/h15-16,18H,2-14H2,1H3,(H,23,24)/t18-/m0/s1. The van der Waals surface area contributed by atoms with Crippen LogP contribution in [0.2, 0.25) is 0 Å². The van der Waals surface area contributed by atoms with Gasteiger partial charge in [0.25, 0.3) is 0 Å². The molecule has 3 aliphatic heterocycles. The van der Waals surface area contributed by atoms with Gasteiger partial charge in [0.15, 0.2) is 0 Å². The number of imidazole rings is 1. The van der Waals surface area contributed by atoms with E-state index in [0.717, 1.165) is 70.3 Å².